The van der Waals surface area contributed by atoms with Crippen molar-refractivity contribution in [2.45, 2.75) is 162 Å². The molecule has 0 saturated carbocycles. The van der Waals surface area contributed by atoms with Gasteiger partial charge in [-0.3, -0.25) is 0 Å². The minimum atomic E-state index is -4.71. The molecule has 0 saturated heterocycles. The van der Waals surface area contributed by atoms with Gasteiger partial charge in [0.15, 0.2) is 0 Å². The van der Waals surface area contributed by atoms with Crippen LogP contribution in [0.3, 0.4) is 0 Å². The Balaban J connectivity index is 2.50. The van der Waals surface area contributed by atoms with Gasteiger partial charge in [-0.05, 0) is 0 Å². The van der Waals surface area contributed by atoms with Gasteiger partial charge >= 0.3 is 297 Å². The fourth-order valence-electron chi connectivity index (χ4n) is 6.10. The summed E-state index contributed by atoms with van der Waals surface area (Å²) in [4.78, 5) is 0. The Morgan fingerprint density at radius 1 is 0.319 bits per heavy atom. The molecule has 0 spiro atoms. The first-order chi connectivity index (χ1) is 21.0. The molecule has 0 fully saturated rings. The van der Waals surface area contributed by atoms with Crippen molar-refractivity contribution in [1.82, 2.24) is 0 Å². The Morgan fingerprint density at radius 3 is 0.596 bits per heavy atom. The fourth-order valence-corrected chi connectivity index (χ4v) is 10.8. The first kappa shape index (κ1) is 39.4. The summed E-state index contributed by atoms with van der Waals surface area (Å²) in [5, 5.41) is 0. The second-order valence-electron chi connectivity index (χ2n) is 19.7. The zero-order chi connectivity index (χ0) is 36.2. The van der Waals surface area contributed by atoms with Gasteiger partial charge in [-0.1, -0.05) is 0 Å². The number of benzene rings is 3. The molecule has 0 atom stereocenters. The number of hydrogen-bond acceptors (Lipinski definition) is 3. The van der Waals surface area contributed by atoms with E-state index >= 15 is 0 Å². The topological polar surface area (TPSA) is 27.7 Å². The SMILES string of the molecule is CC(C)(C)c1cccc(C(C)(C)C)c1[O][Zr]([CH3])([O]c1c(C(C)(C)C)cccc1C(C)(C)C)[O]c1c(C(C)(C)C)cccc1C(C)(C)C. The summed E-state index contributed by atoms with van der Waals surface area (Å²) >= 11 is -4.71. The maximum atomic E-state index is 7.56. The first-order valence-electron chi connectivity index (χ1n) is 17.5. The molecule has 3 nitrogen and oxygen atoms in total. The third-order valence-corrected chi connectivity index (χ3v) is 13.0. The summed E-state index contributed by atoms with van der Waals surface area (Å²) in [7, 11) is 0. The van der Waals surface area contributed by atoms with Crippen LogP contribution in [0.15, 0.2) is 54.6 Å². The third kappa shape index (κ3) is 9.35. The Labute approximate surface area is 295 Å². The van der Waals surface area contributed by atoms with Gasteiger partial charge in [0.1, 0.15) is 0 Å². The Bertz CT molecular complexity index is 1270. The summed E-state index contributed by atoms with van der Waals surface area (Å²) in [6.45, 7) is 40.7. The van der Waals surface area contributed by atoms with Gasteiger partial charge in [-0.2, -0.15) is 0 Å². The van der Waals surface area contributed by atoms with Gasteiger partial charge in [-0.15, -0.1) is 0 Å². The van der Waals surface area contributed by atoms with Crippen LogP contribution in [0.1, 0.15) is 158 Å². The molecule has 0 unspecified atom stereocenters. The van der Waals surface area contributed by atoms with E-state index in [1.807, 2.05) is 0 Å². The fraction of sp³-hybridized carbons (Fsp3) is 0.581. The number of hydrogen-bond donors (Lipinski definition) is 0. The van der Waals surface area contributed by atoms with Crippen molar-refractivity contribution in [1.29, 1.82) is 0 Å². The van der Waals surface area contributed by atoms with E-state index in [1.54, 1.807) is 0 Å². The molecule has 0 bridgehead atoms. The average Bonchev–Trinajstić information content (AvgIpc) is 2.85. The predicted molar refractivity (Wildman–Crippen MR) is 199 cm³/mol. The van der Waals surface area contributed by atoms with E-state index in [0.717, 1.165) is 17.2 Å². The number of rotatable bonds is 6. The molecular formula is C43H66O3Zr. The van der Waals surface area contributed by atoms with Gasteiger partial charge < -0.3 is 0 Å². The summed E-state index contributed by atoms with van der Waals surface area (Å²) < 4.78 is 24.8. The summed E-state index contributed by atoms with van der Waals surface area (Å²) in [6.07, 6.45) is 0. The molecule has 3 aromatic rings. The predicted octanol–water partition coefficient (Wildman–Crippen LogP) is 13.0. The van der Waals surface area contributed by atoms with Crippen LogP contribution in [-0.4, -0.2) is 0 Å². The quantitative estimate of drug-likeness (QED) is 0.254. The van der Waals surface area contributed by atoms with Crippen LogP contribution in [0, 0.1) is 0 Å². The minimum absolute atomic E-state index is 0.150. The normalized spacial score (nSPS) is 13.9. The molecule has 47 heavy (non-hydrogen) atoms. The molecule has 3 rings (SSSR count). The van der Waals surface area contributed by atoms with Crippen molar-refractivity contribution >= 4 is 0 Å². The van der Waals surface area contributed by atoms with Gasteiger partial charge in [0, 0.05) is 0 Å². The van der Waals surface area contributed by atoms with Crippen molar-refractivity contribution in [2.75, 3.05) is 0 Å². The second-order valence-corrected chi connectivity index (χ2v) is 25.5. The molecule has 0 heterocycles. The van der Waals surface area contributed by atoms with Crippen LogP contribution >= 0.6 is 0 Å². The molecule has 0 radical (unpaired) electrons. The standard InChI is InChI=1S/3C14H22O.CH3.Zr/c3*1-13(2,3)10-8-7-9-11(12(10)15)14(4,5)6;;/h3*7-9,15H,1-6H3;1H3;/q;;;;+3/p-3. The Morgan fingerprint density at radius 2 is 0.468 bits per heavy atom. The van der Waals surface area contributed by atoms with Crippen molar-refractivity contribution in [3.8, 4) is 17.2 Å². The monoisotopic (exact) mass is 720 g/mol. The van der Waals surface area contributed by atoms with Crippen molar-refractivity contribution in [3.63, 3.8) is 0 Å². The van der Waals surface area contributed by atoms with Crippen molar-refractivity contribution in [2.24, 2.45) is 0 Å². The zero-order valence-electron chi connectivity index (χ0n) is 33.4. The van der Waals surface area contributed by atoms with E-state index < -0.39 is 21.6 Å². The van der Waals surface area contributed by atoms with Gasteiger partial charge in [-0.25, -0.2) is 0 Å². The summed E-state index contributed by atoms with van der Waals surface area (Å²) in [5.41, 5.74) is 6.10. The van der Waals surface area contributed by atoms with Crippen LogP contribution in [0.4, 0.5) is 0 Å². The van der Waals surface area contributed by atoms with E-state index in [-0.39, 0.29) is 32.5 Å². The third-order valence-electron chi connectivity index (χ3n) is 8.76. The van der Waals surface area contributed by atoms with Crippen molar-refractivity contribution in [3.05, 3.63) is 88.0 Å². The molecule has 0 aliphatic heterocycles. The molecule has 4 heteroatoms. The molecule has 3 aromatic carbocycles. The molecular weight excluding hydrogens is 656 g/mol. The van der Waals surface area contributed by atoms with Gasteiger partial charge in [0.05, 0.1) is 0 Å². The van der Waals surface area contributed by atoms with Crippen LogP contribution in [0.5, 0.6) is 17.2 Å². The molecule has 0 aliphatic carbocycles. The molecule has 0 N–H and O–H groups in total. The van der Waals surface area contributed by atoms with Crippen LogP contribution < -0.4 is 8.44 Å². The van der Waals surface area contributed by atoms with Crippen LogP contribution in [0.2, 0.25) is 4.63 Å². The van der Waals surface area contributed by atoms with Gasteiger partial charge in [0.2, 0.25) is 0 Å². The van der Waals surface area contributed by atoms with Crippen LogP contribution in [0.25, 0.3) is 0 Å². The Kier molecular flexibility index (Phi) is 10.9. The Hall–Kier alpha value is -2.06. The first-order valence-corrected chi connectivity index (χ1v) is 22.9. The summed E-state index contributed by atoms with van der Waals surface area (Å²) in [5.74, 6) is 2.71. The van der Waals surface area contributed by atoms with Crippen LogP contribution in [-0.2, 0) is 54.1 Å². The van der Waals surface area contributed by atoms with E-state index in [2.05, 4.69) is 184 Å². The molecule has 0 amide bonds. The molecule has 0 aliphatic rings. The van der Waals surface area contributed by atoms with E-state index in [1.165, 1.54) is 33.4 Å². The second kappa shape index (κ2) is 13.0. The van der Waals surface area contributed by atoms with E-state index in [4.69, 9.17) is 8.44 Å². The molecule has 260 valence electrons. The zero-order valence-corrected chi connectivity index (χ0v) is 35.9. The average molecular weight is 722 g/mol. The summed E-state index contributed by atoms with van der Waals surface area (Å²) in [6, 6.07) is 19.8. The maximum absolute atomic E-state index is 7.56. The van der Waals surface area contributed by atoms with E-state index in [0.29, 0.717) is 0 Å². The van der Waals surface area contributed by atoms with Crippen molar-refractivity contribution < 1.29 is 30.0 Å². The number of para-hydroxylation sites is 3. The molecule has 0 aromatic heterocycles. The van der Waals surface area contributed by atoms with E-state index in [9.17, 15) is 0 Å². The van der Waals surface area contributed by atoms with Gasteiger partial charge in [0.25, 0.3) is 0 Å².